The van der Waals surface area contributed by atoms with Crippen LogP contribution in [0.25, 0.3) is 98.0 Å². The van der Waals surface area contributed by atoms with E-state index in [0.717, 1.165) is 98.0 Å². The highest BCUT2D eigenvalue weighted by Gasteiger charge is 2.22. The van der Waals surface area contributed by atoms with Gasteiger partial charge in [-0.25, -0.2) is 0 Å². The lowest BCUT2D eigenvalue weighted by Gasteiger charge is -2.18. The smallest absolute Gasteiger partial charge is 0.194 e. The van der Waals surface area contributed by atoms with Gasteiger partial charge in [-0.3, -0.25) is 14.4 Å². The Balaban J connectivity index is 1.01. The first-order valence-electron chi connectivity index (χ1n) is 24.3. The van der Waals surface area contributed by atoms with Crippen LogP contribution in [0.4, 0.5) is 0 Å². The van der Waals surface area contributed by atoms with Gasteiger partial charge in [0.2, 0.25) is 0 Å². The minimum atomic E-state index is -0.0294. The molecule has 0 bridgehead atoms. The molecule has 0 saturated carbocycles. The summed E-state index contributed by atoms with van der Waals surface area (Å²) in [5.74, 6) is -0.0883. The molecule has 3 nitrogen and oxygen atoms in total. The van der Waals surface area contributed by atoms with Crippen LogP contribution in [0.15, 0.2) is 255 Å². The lowest BCUT2D eigenvalue weighted by Crippen LogP contribution is -2.04. The van der Waals surface area contributed by atoms with Crippen molar-refractivity contribution < 1.29 is 14.4 Å². The molecular formula is C69H42O3. The van der Waals surface area contributed by atoms with Crippen molar-refractivity contribution in [1.29, 1.82) is 0 Å². The largest absolute Gasteiger partial charge is 0.289 e. The highest BCUT2D eigenvalue weighted by molar-refractivity contribution is 6.25. The molecule has 0 unspecified atom stereocenters. The van der Waals surface area contributed by atoms with Crippen LogP contribution >= 0.6 is 0 Å². The summed E-state index contributed by atoms with van der Waals surface area (Å²) in [5, 5.41) is 11.3. The molecule has 0 fully saturated rings. The zero-order chi connectivity index (χ0) is 48.3. The van der Waals surface area contributed by atoms with Crippen molar-refractivity contribution >= 4 is 82.0 Å². The van der Waals surface area contributed by atoms with Crippen LogP contribution in [0.1, 0.15) is 47.8 Å². The molecule has 72 heavy (non-hydrogen) atoms. The Hall–Kier alpha value is -9.57. The minimum Gasteiger partial charge on any atom is -0.289 e. The number of fused-ring (bicyclic) bond motifs is 6. The second-order valence-corrected chi connectivity index (χ2v) is 18.5. The van der Waals surface area contributed by atoms with Crippen molar-refractivity contribution in [3.63, 3.8) is 0 Å². The average Bonchev–Trinajstić information content (AvgIpc) is 3.45. The van der Waals surface area contributed by atoms with Crippen molar-refractivity contribution in [2.24, 2.45) is 0 Å². The normalized spacial score (nSPS) is 11.5. The van der Waals surface area contributed by atoms with Crippen LogP contribution < -0.4 is 0 Å². The molecule has 0 aliphatic heterocycles. The Morgan fingerprint density at radius 1 is 0.194 bits per heavy atom. The predicted octanol–water partition coefficient (Wildman–Crippen LogP) is 17.3. The van der Waals surface area contributed by atoms with Crippen molar-refractivity contribution in [2.45, 2.75) is 0 Å². The van der Waals surface area contributed by atoms with Crippen molar-refractivity contribution in [3.8, 4) is 33.4 Å². The molecule has 13 aromatic rings. The molecule has 0 aliphatic rings. The van der Waals surface area contributed by atoms with E-state index >= 15 is 0 Å². The Bertz CT molecular complexity index is 3930. The molecule has 0 radical (unpaired) electrons. The van der Waals surface area contributed by atoms with Gasteiger partial charge in [-0.2, -0.15) is 0 Å². The number of benzene rings is 13. The summed E-state index contributed by atoms with van der Waals surface area (Å²) < 4.78 is 0. The van der Waals surface area contributed by atoms with Gasteiger partial charge in [0.1, 0.15) is 0 Å². The maximum absolute atomic E-state index is 14.7. The van der Waals surface area contributed by atoms with Crippen LogP contribution in [-0.4, -0.2) is 17.3 Å². The van der Waals surface area contributed by atoms with Crippen LogP contribution in [0, 0.1) is 0 Å². The molecule has 0 saturated heterocycles. The van der Waals surface area contributed by atoms with Gasteiger partial charge in [0, 0.05) is 33.4 Å². The van der Waals surface area contributed by atoms with E-state index in [0.29, 0.717) is 33.4 Å². The van der Waals surface area contributed by atoms with Crippen LogP contribution in [0.3, 0.4) is 0 Å². The average molecular weight is 919 g/mol. The summed E-state index contributed by atoms with van der Waals surface area (Å²) in [4.78, 5) is 44.0. The van der Waals surface area contributed by atoms with E-state index in [2.05, 4.69) is 54.6 Å². The number of rotatable bonds is 9. The van der Waals surface area contributed by atoms with Gasteiger partial charge < -0.3 is 0 Å². The molecule has 13 rings (SSSR count). The fourth-order valence-electron chi connectivity index (χ4n) is 11.0. The van der Waals surface area contributed by atoms with E-state index in [4.69, 9.17) is 0 Å². The van der Waals surface area contributed by atoms with Gasteiger partial charge in [-0.1, -0.05) is 218 Å². The van der Waals surface area contributed by atoms with Gasteiger partial charge in [0.05, 0.1) is 0 Å². The number of carbonyl (C=O) groups excluding carboxylic acids is 3. The van der Waals surface area contributed by atoms with E-state index < -0.39 is 0 Å². The predicted molar refractivity (Wildman–Crippen MR) is 297 cm³/mol. The highest BCUT2D eigenvalue weighted by atomic mass is 16.1. The zero-order valence-electron chi connectivity index (χ0n) is 39.0. The molecule has 0 aliphatic carbocycles. The van der Waals surface area contributed by atoms with Crippen LogP contribution in [-0.2, 0) is 0 Å². The SMILES string of the molecule is O=C(c1cccc2ccccc12)c1ccc(-c2cc(-c3ccc(C(=O)c4cccc5ccccc45)c4ccccc34)cc(-c3ccc(C(=O)c4cccc5ccccc45)c4ccccc34)c2)c2ccccc12. The fourth-order valence-corrected chi connectivity index (χ4v) is 11.0. The molecule has 0 spiro atoms. The van der Waals surface area contributed by atoms with Gasteiger partial charge >= 0.3 is 0 Å². The van der Waals surface area contributed by atoms with Crippen LogP contribution in [0.2, 0.25) is 0 Å². The standard InChI is InChI=1S/C69H42O3/c70-67(61-31-13-19-43-16-1-4-22-49(43)61)64-37-34-52(55-25-7-10-28-58(55)64)46-40-47(53-35-38-65(59-29-11-8-26-56(53)59)68(71)62-32-14-20-44-17-2-5-23-50(44)62)42-48(41-46)54-36-39-66(60-30-12-9-27-57(54)60)69(72)63-33-15-21-45-18-3-6-24-51(45)63/h1-42H. The Kier molecular flexibility index (Phi) is 10.3. The third-order valence-corrected chi connectivity index (χ3v) is 14.5. The van der Waals surface area contributed by atoms with Crippen molar-refractivity contribution in [3.05, 3.63) is 288 Å². The summed E-state index contributed by atoms with van der Waals surface area (Å²) in [6.07, 6.45) is 0. The van der Waals surface area contributed by atoms with E-state index in [1.54, 1.807) is 0 Å². The van der Waals surface area contributed by atoms with E-state index in [1.807, 2.05) is 200 Å². The summed E-state index contributed by atoms with van der Waals surface area (Å²) in [6.45, 7) is 0. The monoisotopic (exact) mass is 918 g/mol. The molecule has 0 amide bonds. The molecular weight excluding hydrogens is 877 g/mol. The molecule has 336 valence electrons. The number of carbonyl (C=O) groups is 3. The summed E-state index contributed by atoms with van der Waals surface area (Å²) in [6, 6.07) is 85.1. The van der Waals surface area contributed by atoms with Crippen molar-refractivity contribution in [2.75, 3.05) is 0 Å². The summed E-state index contributed by atoms with van der Waals surface area (Å²) in [5.41, 5.74) is 9.71. The Morgan fingerprint density at radius 3 is 0.708 bits per heavy atom. The molecule has 0 heterocycles. The second kappa shape index (κ2) is 17.4. The third-order valence-electron chi connectivity index (χ3n) is 14.5. The first kappa shape index (κ1) is 42.5. The topological polar surface area (TPSA) is 51.2 Å². The van der Waals surface area contributed by atoms with Gasteiger partial charge in [0.15, 0.2) is 17.3 Å². The molecule has 0 atom stereocenters. The number of hydrogen-bond acceptors (Lipinski definition) is 3. The molecule has 0 aromatic heterocycles. The fraction of sp³-hybridized carbons (Fsp3) is 0. The summed E-state index contributed by atoms with van der Waals surface area (Å²) >= 11 is 0. The second-order valence-electron chi connectivity index (χ2n) is 18.5. The Labute approximate surface area is 415 Å². The number of hydrogen-bond donors (Lipinski definition) is 0. The van der Waals surface area contributed by atoms with Gasteiger partial charge in [-0.15, -0.1) is 0 Å². The van der Waals surface area contributed by atoms with Gasteiger partial charge in [-0.05, 0) is 134 Å². The first-order chi connectivity index (χ1) is 35.5. The van der Waals surface area contributed by atoms with Crippen molar-refractivity contribution in [1.82, 2.24) is 0 Å². The minimum absolute atomic E-state index is 0.0294. The quantitative estimate of drug-likeness (QED) is 0.136. The van der Waals surface area contributed by atoms with E-state index in [9.17, 15) is 14.4 Å². The zero-order valence-corrected chi connectivity index (χ0v) is 39.0. The molecule has 13 aromatic carbocycles. The summed E-state index contributed by atoms with van der Waals surface area (Å²) in [7, 11) is 0. The maximum atomic E-state index is 14.7. The van der Waals surface area contributed by atoms with E-state index in [-0.39, 0.29) is 17.3 Å². The molecule has 3 heteroatoms. The third kappa shape index (κ3) is 7.10. The Morgan fingerprint density at radius 2 is 0.417 bits per heavy atom. The lowest BCUT2D eigenvalue weighted by molar-refractivity contribution is 0.103. The first-order valence-corrected chi connectivity index (χ1v) is 24.3. The van der Waals surface area contributed by atoms with Crippen LogP contribution in [0.5, 0.6) is 0 Å². The van der Waals surface area contributed by atoms with E-state index in [1.165, 1.54) is 0 Å². The lowest BCUT2D eigenvalue weighted by atomic mass is 9.85. The maximum Gasteiger partial charge on any atom is 0.194 e. The highest BCUT2D eigenvalue weighted by Crippen LogP contribution is 2.42. The molecule has 0 N–H and O–H groups in total. The van der Waals surface area contributed by atoms with Gasteiger partial charge in [0.25, 0.3) is 0 Å². The number of ketones is 3.